The highest BCUT2D eigenvalue weighted by molar-refractivity contribution is 8.04. The first kappa shape index (κ1) is 21.2. The van der Waals surface area contributed by atoms with E-state index in [-0.39, 0.29) is 11.8 Å². The summed E-state index contributed by atoms with van der Waals surface area (Å²) >= 11 is 7.29. The number of rotatable bonds is 5. The van der Waals surface area contributed by atoms with E-state index in [0.29, 0.717) is 21.3 Å². The minimum atomic E-state index is -0.334. The Bertz CT molecular complexity index is 1190. The number of hydrogen-bond donors (Lipinski definition) is 0. The van der Waals surface area contributed by atoms with Crippen LogP contribution in [0.4, 0.5) is 11.4 Å². The van der Waals surface area contributed by atoms with Crippen molar-refractivity contribution in [1.29, 1.82) is 0 Å². The van der Waals surface area contributed by atoms with Crippen molar-refractivity contribution in [2.24, 2.45) is 0 Å². The van der Waals surface area contributed by atoms with E-state index in [0.717, 1.165) is 21.7 Å². The molecule has 0 aromatic heterocycles. The first-order valence-corrected chi connectivity index (χ1v) is 11.0. The van der Waals surface area contributed by atoms with E-state index in [9.17, 15) is 9.59 Å². The molecule has 0 bridgehead atoms. The van der Waals surface area contributed by atoms with Gasteiger partial charge in [-0.3, -0.25) is 9.59 Å². The molecule has 0 spiro atoms. The van der Waals surface area contributed by atoms with Gasteiger partial charge in [0.1, 0.15) is 10.6 Å². The zero-order chi connectivity index (χ0) is 22.1. The molecule has 2 amide bonds. The van der Waals surface area contributed by atoms with Crippen LogP contribution in [0.1, 0.15) is 11.1 Å². The van der Waals surface area contributed by atoms with Gasteiger partial charge in [-0.05, 0) is 61.9 Å². The molecule has 31 heavy (non-hydrogen) atoms. The van der Waals surface area contributed by atoms with Gasteiger partial charge in [-0.1, -0.05) is 59.3 Å². The molecule has 3 aromatic carbocycles. The average molecular weight is 449 g/mol. The van der Waals surface area contributed by atoms with E-state index in [2.05, 4.69) is 0 Å². The van der Waals surface area contributed by atoms with E-state index in [1.807, 2.05) is 81.6 Å². The molecule has 156 valence electrons. The van der Waals surface area contributed by atoms with Gasteiger partial charge in [-0.15, -0.1) is 0 Å². The lowest BCUT2D eigenvalue weighted by molar-refractivity contribution is -0.120. The van der Waals surface area contributed by atoms with Crippen molar-refractivity contribution in [3.05, 3.63) is 99.5 Å². The maximum Gasteiger partial charge on any atom is 0.283 e. The van der Waals surface area contributed by atoms with Gasteiger partial charge < -0.3 is 4.90 Å². The Morgan fingerprint density at radius 3 is 2.19 bits per heavy atom. The largest absolute Gasteiger partial charge is 0.339 e. The number of thioether (sulfide) groups is 1. The van der Waals surface area contributed by atoms with Crippen LogP contribution < -0.4 is 9.80 Å². The number of carbonyl (C=O) groups excluding carboxylic acids is 2. The molecule has 4 nitrogen and oxygen atoms in total. The number of imide groups is 1. The number of hydrogen-bond acceptors (Lipinski definition) is 4. The summed E-state index contributed by atoms with van der Waals surface area (Å²) < 4.78 is 0. The second-order valence-electron chi connectivity index (χ2n) is 7.36. The van der Waals surface area contributed by atoms with E-state index in [4.69, 9.17) is 11.6 Å². The van der Waals surface area contributed by atoms with Crippen molar-refractivity contribution < 1.29 is 9.59 Å². The predicted molar refractivity (Wildman–Crippen MR) is 128 cm³/mol. The third-order valence-electron chi connectivity index (χ3n) is 5.12. The number of amides is 2. The monoisotopic (exact) mass is 448 g/mol. The summed E-state index contributed by atoms with van der Waals surface area (Å²) in [6, 6.07) is 22.5. The highest BCUT2D eigenvalue weighted by Crippen LogP contribution is 2.40. The number of halogens is 1. The summed E-state index contributed by atoms with van der Waals surface area (Å²) in [4.78, 5) is 31.4. The van der Waals surface area contributed by atoms with Crippen LogP contribution in [-0.2, 0) is 9.59 Å². The summed E-state index contributed by atoms with van der Waals surface area (Å²) in [6.45, 7) is 3.90. The van der Waals surface area contributed by atoms with Gasteiger partial charge in [0.05, 0.1) is 5.69 Å². The highest BCUT2D eigenvalue weighted by atomic mass is 35.5. The van der Waals surface area contributed by atoms with Crippen molar-refractivity contribution in [3.8, 4) is 0 Å². The molecule has 0 saturated carbocycles. The predicted octanol–water partition coefficient (Wildman–Crippen LogP) is 5.97. The number of benzene rings is 3. The highest BCUT2D eigenvalue weighted by Gasteiger charge is 2.42. The van der Waals surface area contributed by atoms with Crippen LogP contribution in [-0.4, -0.2) is 18.9 Å². The Hall–Kier alpha value is -3.02. The smallest absolute Gasteiger partial charge is 0.283 e. The van der Waals surface area contributed by atoms with Gasteiger partial charge >= 0.3 is 0 Å². The average Bonchev–Trinajstić information content (AvgIpc) is 2.99. The Morgan fingerprint density at radius 2 is 1.55 bits per heavy atom. The van der Waals surface area contributed by atoms with E-state index >= 15 is 0 Å². The molecule has 3 aromatic rings. The minimum absolute atomic E-state index is 0.324. The molecule has 0 radical (unpaired) electrons. The molecular formula is C25H21ClN2O2S. The number of anilines is 2. The number of para-hydroxylation sites is 1. The molecule has 6 heteroatoms. The summed E-state index contributed by atoms with van der Waals surface area (Å²) in [6.07, 6.45) is 0. The standard InChI is InChI=1S/C25H21ClN2O2S/c1-16-9-14-21(17(2)15-16)28-24(29)22(27(3)19-7-5-4-6-8-19)23(25(28)30)31-20-12-10-18(26)11-13-20/h4-15H,1-3H3. The summed E-state index contributed by atoms with van der Waals surface area (Å²) in [7, 11) is 1.81. The molecule has 1 aliphatic rings. The molecule has 0 saturated heterocycles. The summed E-state index contributed by atoms with van der Waals surface area (Å²) in [5.41, 5.74) is 3.74. The Balaban J connectivity index is 1.81. The fourth-order valence-electron chi connectivity index (χ4n) is 3.56. The van der Waals surface area contributed by atoms with Gasteiger partial charge in [-0.2, -0.15) is 0 Å². The zero-order valence-electron chi connectivity index (χ0n) is 17.4. The molecule has 4 rings (SSSR count). The van der Waals surface area contributed by atoms with Gasteiger partial charge in [-0.25, -0.2) is 4.90 Å². The van der Waals surface area contributed by atoms with Gasteiger partial charge in [0, 0.05) is 22.7 Å². The number of carbonyl (C=O) groups is 2. The number of aryl methyl sites for hydroxylation is 2. The SMILES string of the molecule is Cc1ccc(N2C(=O)C(Sc3ccc(Cl)cc3)=C(N(C)c3ccccc3)C2=O)c(C)c1. The van der Waals surface area contributed by atoms with E-state index in [1.165, 1.54) is 16.7 Å². The summed E-state index contributed by atoms with van der Waals surface area (Å²) in [5.74, 6) is -0.658. The van der Waals surface area contributed by atoms with Crippen LogP contribution in [0.3, 0.4) is 0 Å². The van der Waals surface area contributed by atoms with E-state index < -0.39 is 0 Å². The first-order valence-electron chi connectivity index (χ1n) is 9.79. The first-order chi connectivity index (χ1) is 14.9. The lowest BCUT2D eigenvalue weighted by Gasteiger charge is -2.22. The van der Waals surface area contributed by atoms with Crippen LogP contribution in [0.5, 0.6) is 0 Å². The zero-order valence-corrected chi connectivity index (χ0v) is 19.0. The quantitative estimate of drug-likeness (QED) is 0.451. The minimum Gasteiger partial charge on any atom is -0.339 e. The number of likely N-dealkylation sites (N-methyl/N-ethyl adjacent to an activating group) is 1. The summed E-state index contributed by atoms with van der Waals surface area (Å²) in [5, 5.41) is 0.616. The molecule has 0 unspecified atom stereocenters. The van der Waals surface area contributed by atoms with Gasteiger partial charge in [0.15, 0.2) is 0 Å². The van der Waals surface area contributed by atoms with Gasteiger partial charge in [0.2, 0.25) is 0 Å². The third-order valence-corrected chi connectivity index (χ3v) is 6.46. The topological polar surface area (TPSA) is 40.6 Å². The number of nitrogens with zero attached hydrogens (tertiary/aromatic N) is 2. The second kappa shape index (κ2) is 8.61. The van der Waals surface area contributed by atoms with Crippen molar-refractivity contribution >= 4 is 46.6 Å². The lowest BCUT2D eigenvalue weighted by Crippen LogP contribution is -2.34. The van der Waals surface area contributed by atoms with Crippen LogP contribution in [0.25, 0.3) is 0 Å². The normalized spacial score (nSPS) is 13.9. The second-order valence-corrected chi connectivity index (χ2v) is 8.88. The van der Waals surface area contributed by atoms with Gasteiger partial charge in [0.25, 0.3) is 11.8 Å². The maximum atomic E-state index is 13.6. The van der Waals surface area contributed by atoms with E-state index in [1.54, 1.807) is 17.0 Å². The molecule has 0 atom stereocenters. The molecule has 0 aliphatic carbocycles. The Labute approximate surface area is 191 Å². The van der Waals surface area contributed by atoms with Crippen molar-refractivity contribution in [2.75, 3.05) is 16.8 Å². The molecule has 0 fully saturated rings. The van der Waals surface area contributed by atoms with Crippen molar-refractivity contribution in [1.82, 2.24) is 0 Å². The molecule has 1 heterocycles. The van der Waals surface area contributed by atoms with Crippen molar-refractivity contribution in [2.45, 2.75) is 18.7 Å². The van der Waals surface area contributed by atoms with Crippen LogP contribution >= 0.6 is 23.4 Å². The Morgan fingerprint density at radius 1 is 0.871 bits per heavy atom. The van der Waals surface area contributed by atoms with Crippen molar-refractivity contribution in [3.63, 3.8) is 0 Å². The maximum absolute atomic E-state index is 13.6. The molecule has 1 aliphatic heterocycles. The fourth-order valence-corrected chi connectivity index (χ4v) is 4.70. The van der Waals surface area contributed by atoms with Crippen LogP contribution in [0, 0.1) is 13.8 Å². The van der Waals surface area contributed by atoms with Crippen LogP contribution in [0.15, 0.2) is 88.3 Å². The van der Waals surface area contributed by atoms with Crippen LogP contribution in [0.2, 0.25) is 5.02 Å². The lowest BCUT2D eigenvalue weighted by atomic mass is 10.1. The third kappa shape index (κ3) is 4.11. The molecule has 0 N–H and O–H groups in total. The molecular weight excluding hydrogens is 428 g/mol. The fraction of sp³-hybridized carbons (Fsp3) is 0.120. The Kier molecular flexibility index (Phi) is 5.90.